The van der Waals surface area contributed by atoms with Gasteiger partial charge in [-0.15, -0.1) is 0 Å². The molecule has 6 heteroatoms. The monoisotopic (exact) mass is 323 g/mol. The van der Waals surface area contributed by atoms with Crippen LogP contribution in [0.3, 0.4) is 0 Å². The summed E-state index contributed by atoms with van der Waals surface area (Å²) in [5.74, 6) is -0.426. The Morgan fingerprint density at radius 3 is 2.83 bits per heavy atom. The van der Waals surface area contributed by atoms with Crippen LogP contribution in [0.15, 0.2) is 48.7 Å². The molecule has 24 heavy (non-hydrogen) atoms. The van der Waals surface area contributed by atoms with E-state index in [1.165, 1.54) is 6.07 Å². The Morgan fingerprint density at radius 1 is 1.25 bits per heavy atom. The van der Waals surface area contributed by atoms with Crippen molar-refractivity contribution < 1.29 is 9.72 Å². The molecule has 0 saturated heterocycles. The third kappa shape index (κ3) is 3.12. The van der Waals surface area contributed by atoms with E-state index in [9.17, 15) is 14.9 Å². The molecule has 0 bridgehead atoms. The average molecular weight is 323 g/mol. The van der Waals surface area contributed by atoms with E-state index in [1.807, 2.05) is 30.5 Å². The molecule has 6 nitrogen and oxygen atoms in total. The van der Waals surface area contributed by atoms with Crippen LogP contribution in [0.1, 0.15) is 21.5 Å². The van der Waals surface area contributed by atoms with Crippen molar-refractivity contribution in [1.29, 1.82) is 0 Å². The molecule has 2 aromatic carbocycles. The van der Waals surface area contributed by atoms with Gasteiger partial charge in [0.15, 0.2) is 0 Å². The van der Waals surface area contributed by atoms with Crippen molar-refractivity contribution in [2.24, 2.45) is 0 Å². The van der Waals surface area contributed by atoms with Crippen molar-refractivity contribution >= 4 is 22.5 Å². The van der Waals surface area contributed by atoms with Crippen LogP contribution >= 0.6 is 0 Å². The number of carbonyl (C=O) groups is 1. The Labute approximate surface area is 138 Å². The third-order valence-electron chi connectivity index (χ3n) is 3.95. The maximum Gasteiger partial charge on any atom is 0.282 e. The van der Waals surface area contributed by atoms with E-state index in [2.05, 4.69) is 10.3 Å². The lowest BCUT2D eigenvalue weighted by molar-refractivity contribution is -0.385. The minimum Gasteiger partial charge on any atom is -0.361 e. The van der Waals surface area contributed by atoms with Crippen molar-refractivity contribution in [3.63, 3.8) is 0 Å². The van der Waals surface area contributed by atoms with Gasteiger partial charge < -0.3 is 10.3 Å². The molecule has 1 heterocycles. The van der Waals surface area contributed by atoms with Crippen LogP contribution in [0.2, 0.25) is 0 Å². The molecule has 0 aliphatic heterocycles. The van der Waals surface area contributed by atoms with Gasteiger partial charge in [0.25, 0.3) is 11.6 Å². The summed E-state index contributed by atoms with van der Waals surface area (Å²) >= 11 is 0. The first-order chi connectivity index (χ1) is 11.6. The first-order valence-corrected chi connectivity index (χ1v) is 7.64. The number of nitrogens with one attached hydrogen (secondary N) is 2. The number of aryl methyl sites for hydroxylation is 1. The maximum atomic E-state index is 12.3. The number of nitro groups is 1. The molecule has 0 unspecified atom stereocenters. The molecule has 1 amide bonds. The highest BCUT2D eigenvalue weighted by Crippen LogP contribution is 2.20. The molecule has 0 aliphatic rings. The Morgan fingerprint density at radius 2 is 2.04 bits per heavy atom. The summed E-state index contributed by atoms with van der Waals surface area (Å²) in [6.45, 7) is 2.21. The summed E-state index contributed by atoms with van der Waals surface area (Å²) in [7, 11) is 0. The van der Waals surface area contributed by atoms with Crippen molar-refractivity contribution in [1.82, 2.24) is 10.3 Å². The van der Waals surface area contributed by atoms with Gasteiger partial charge in [0.05, 0.1) is 4.92 Å². The Bertz CT molecular complexity index is 915. The largest absolute Gasteiger partial charge is 0.361 e. The fourth-order valence-electron chi connectivity index (χ4n) is 2.74. The average Bonchev–Trinajstić information content (AvgIpc) is 2.98. The number of amides is 1. The van der Waals surface area contributed by atoms with E-state index >= 15 is 0 Å². The van der Waals surface area contributed by atoms with Gasteiger partial charge in [0.1, 0.15) is 5.56 Å². The molecular formula is C18H17N3O3. The second-order valence-corrected chi connectivity index (χ2v) is 5.64. The second kappa shape index (κ2) is 6.54. The number of aromatic amines is 1. The van der Waals surface area contributed by atoms with E-state index in [4.69, 9.17) is 0 Å². The van der Waals surface area contributed by atoms with Crippen molar-refractivity contribution in [2.45, 2.75) is 13.3 Å². The van der Waals surface area contributed by atoms with Crippen molar-refractivity contribution in [3.05, 3.63) is 75.5 Å². The molecule has 0 aliphatic carbocycles. The molecule has 0 saturated carbocycles. The Balaban J connectivity index is 1.70. The number of hydrogen-bond acceptors (Lipinski definition) is 3. The minimum atomic E-state index is -0.534. The van der Waals surface area contributed by atoms with Crippen LogP contribution in [0.4, 0.5) is 5.69 Å². The fourth-order valence-corrected chi connectivity index (χ4v) is 2.74. The fraction of sp³-hybridized carbons (Fsp3) is 0.167. The van der Waals surface area contributed by atoms with E-state index in [1.54, 1.807) is 19.1 Å². The number of para-hydroxylation sites is 1. The topological polar surface area (TPSA) is 88.0 Å². The molecule has 122 valence electrons. The number of rotatable bonds is 5. The van der Waals surface area contributed by atoms with Crippen LogP contribution < -0.4 is 5.32 Å². The number of nitrogens with zero attached hydrogens (tertiary/aromatic N) is 1. The summed E-state index contributed by atoms with van der Waals surface area (Å²) in [5, 5.41) is 15.0. The number of aromatic nitrogens is 1. The molecule has 2 N–H and O–H groups in total. The molecule has 0 atom stereocenters. The number of carbonyl (C=O) groups excluding carboxylic acids is 1. The van der Waals surface area contributed by atoms with Gasteiger partial charge in [-0.1, -0.05) is 24.3 Å². The summed E-state index contributed by atoms with van der Waals surface area (Å²) in [6.07, 6.45) is 2.57. The summed E-state index contributed by atoms with van der Waals surface area (Å²) in [5.41, 5.74) is 2.88. The highest BCUT2D eigenvalue weighted by Gasteiger charge is 2.19. The highest BCUT2D eigenvalue weighted by molar-refractivity contribution is 5.98. The molecule has 0 spiro atoms. The number of nitro benzene ring substituents is 1. The van der Waals surface area contributed by atoms with Crippen molar-refractivity contribution in [3.8, 4) is 0 Å². The van der Waals surface area contributed by atoms with E-state index in [0.29, 0.717) is 13.0 Å². The van der Waals surface area contributed by atoms with Crippen molar-refractivity contribution in [2.75, 3.05) is 6.54 Å². The summed E-state index contributed by atoms with van der Waals surface area (Å²) in [4.78, 5) is 26.0. The molecule has 3 aromatic rings. The molecule has 0 radical (unpaired) electrons. The van der Waals surface area contributed by atoms with Gasteiger partial charge in [-0.3, -0.25) is 14.9 Å². The normalized spacial score (nSPS) is 10.7. The molecule has 0 fully saturated rings. The van der Waals surface area contributed by atoms with Crippen LogP contribution in [0, 0.1) is 17.0 Å². The molecule has 1 aromatic heterocycles. The van der Waals surface area contributed by atoms with Gasteiger partial charge >= 0.3 is 0 Å². The van der Waals surface area contributed by atoms with Crippen LogP contribution in [0.5, 0.6) is 0 Å². The zero-order chi connectivity index (χ0) is 17.1. The van der Waals surface area contributed by atoms with Crippen LogP contribution in [-0.4, -0.2) is 22.4 Å². The predicted molar refractivity (Wildman–Crippen MR) is 92.2 cm³/mol. The molecular weight excluding hydrogens is 306 g/mol. The van der Waals surface area contributed by atoms with E-state index in [0.717, 1.165) is 22.0 Å². The number of benzene rings is 2. The van der Waals surface area contributed by atoms with Gasteiger partial charge in [-0.25, -0.2) is 0 Å². The number of H-pyrrole nitrogens is 1. The van der Waals surface area contributed by atoms with Gasteiger partial charge in [-0.05, 0) is 36.6 Å². The van der Waals surface area contributed by atoms with Crippen LogP contribution in [0.25, 0.3) is 10.9 Å². The zero-order valence-corrected chi connectivity index (χ0v) is 13.2. The second-order valence-electron chi connectivity index (χ2n) is 5.64. The van der Waals surface area contributed by atoms with E-state index < -0.39 is 10.8 Å². The highest BCUT2D eigenvalue weighted by atomic mass is 16.6. The zero-order valence-electron chi connectivity index (χ0n) is 13.2. The Kier molecular flexibility index (Phi) is 4.29. The first kappa shape index (κ1) is 15.7. The predicted octanol–water partition coefficient (Wildman–Crippen LogP) is 3.36. The lowest BCUT2D eigenvalue weighted by Gasteiger charge is -2.06. The Hall–Kier alpha value is -3.15. The standard InChI is InChI=1S/C18H17N3O3/c1-12-6-7-17(21(23)24)15(10-12)18(22)19-9-8-13-11-20-16-5-3-2-4-14(13)16/h2-7,10-11,20H,8-9H2,1H3,(H,19,22). The van der Waals surface area contributed by atoms with Gasteiger partial charge in [0, 0.05) is 29.7 Å². The smallest absolute Gasteiger partial charge is 0.282 e. The number of hydrogen-bond donors (Lipinski definition) is 2. The first-order valence-electron chi connectivity index (χ1n) is 7.64. The third-order valence-corrected chi connectivity index (χ3v) is 3.95. The molecule has 3 rings (SSSR count). The SMILES string of the molecule is Cc1ccc([N+](=O)[O-])c(C(=O)NCCc2c[nH]c3ccccc23)c1. The summed E-state index contributed by atoms with van der Waals surface area (Å²) in [6, 6.07) is 12.5. The lowest BCUT2D eigenvalue weighted by atomic mass is 10.1. The lowest BCUT2D eigenvalue weighted by Crippen LogP contribution is -2.26. The van der Waals surface area contributed by atoms with Gasteiger partial charge in [-0.2, -0.15) is 0 Å². The minimum absolute atomic E-state index is 0.0962. The quantitative estimate of drug-likeness (QED) is 0.557. The maximum absolute atomic E-state index is 12.3. The van der Waals surface area contributed by atoms with Gasteiger partial charge in [0.2, 0.25) is 0 Å². The number of fused-ring (bicyclic) bond motifs is 1. The summed E-state index contributed by atoms with van der Waals surface area (Å²) < 4.78 is 0. The van der Waals surface area contributed by atoms with E-state index in [-0.39, 0.29) is 11.3 Å². The van der Waals surface area contributed by atoms with Crippen LogP contribution in [-0.2, 0) is 6.42 Å².